The van der Waals surface area contributed by atoms with Crippen molar-refractivity contribution in [1.29, 1.82) is 0 Å². The molecule has 1 aromatic carbocycles. The first kappa shape index (κ1) is 16.5. The third-order valence-corrected chi connectivity index (χ3v) is 4.21. The summed E-state index contributed by atoms with van der Waals surface area (Å²) in [6.07, 6.45) is -4.63. The van der Waals surface area contributed by atoms with E-state index in [4.69, 9.17) is 0 Å². The number of rotatable bonds is 2. The lowest BCUT2D eigenvalue weighted by Crippen LogP contribution is -2.25. The van der Waals surface area contributed by atoms with Crippen molar-refractivity contribution in [3.05, 3.63) is 35.1 Å². The first-order chi connectivity index (χ1) is 9.43. The Hall–Kier alpha value is -0.850. The number of halogens is 5. The van der Waals surface area contributed by atoms with Crippen LogP contribution in [0.15, 0.2) is 18.2 Å². The maximum absolute atomic E-state index is 13.2. The lowest BCUT2D eigenvalue weighted by molar-refractivity contribution is -0.140. The molecule has 2 fully saturated rings. The molecule has 0 saturated carbocycles. The number of fused-ring (bicyclic) bond motifs is 1. The van der Waals surface area contributed by atoms with Crippen molar-refractivity contribution < 1.29 is 17.6 Å². The molecule has 2 saturated heterocycles. The van der Waals surface area contributed by atoms with Crippen molar-refractivity contribution in [3.8, 4) is 0 Å². The predicted octanol–water partition coefficient (Wildman–Crippen LogP) is 2.92. The van der Waals surface area contributed by atoms with Gasteiger partial charge in [-0.05, 0) is 42.6 Å². The van der Waals surface area contributed by atoms with E-state index in [-0.39, 0.29) is 12.4 Å². The van der Waals surface area contributed by atoms with E-state index in [9.17, 15) is 17.6 Å². The summed E-state index contributed by atoms with van der Waals surface area (Å²) < 4.78 is 51.2. The molecule has 7 heteroatoms. The lowest BCUT2D eigenvalue weighted by atomic mass is 10.0. The zero-order valence-electron chi connectivity index (χ0n) is 11.3. The van der Waals surface area contributed by atoms with Crippen molar-refractivity contribution in [1.82, 2.24) is 10.2 Å². The summed E-state index contributed by atoms with van der Waals surface area (Å²) in [5.74, 6) is -0.0150. The quantitative estimate of drug-likeness (QED) is 0.842. The van der Waals surface area contributed by atoms with Crippen molar-refractivity contribution in [2.24, 2.45) is 11.8 Å². The van der Waals surface area contributed by atoms with E-state index in [1.54, 1.807) is 0 Å². The zero-order valence-corrected chi connectivity index (χ0v) is 12.1. The molecule has 0 aliphatic carbocycles. The number of benzene rings is 1. The topological polar surface area (TPSA) is 15.3 Å². The van der Waals surface area contributed by atoms with Gasteiger partial charge in [-0.25, -0.2) is 4.39 Å². The molecule has 0 bridgehead atoms. The highest BCUT2D eigenvalue weighted by atomic mass is 35.5. The fraction of sp³-hybridized carbons (Fsp3) is 0.571. The summed E-state index contributed by atoms with van der Waals surface area (Å²) >= 11 is 0. The van der Waals surface area contributed by atoms with Gasteiger partial charge in [0, 0.05) is 19.6 Å². The summed E-state index contributed by atoms with van der Waals surface area (Å²) in [5, 5.41) is 3.32. The van der Waals surface area contributed by atoms with Gasteiger partial charge in [-0.3, -0.25) is 4.90 Å². The summed E-state index contributed by atoms with van der Waals surface area (Å²) in [6.45, 7) is 4.22. The first-order valence-corrected chi connectivity index (χ1v) is 6.72. The van der Waals surface area contributed by atoms with E-state index >= 15 is 0 Å². The normalized spacial score (nSPS) is 25.7. The summed E-state index contributed by atoms with van der Waals surface area (Å²) in [5.41, 5.74) is -0.650. The monoisotopic (exact) mass is 324 g/mol. The minimum atomic E-state index is -4.63. The van der Waals surface area contributed by atoms with Crippen LogP contribution in [-0.2, 0) is 12.7 Å². The highest BCUT2D eigenvalue weighted by Crippen LogP contribution is 2.33. The SMILES string of the molecule is Cl.Fc1ccc(CN2C[C@H]3CNC[C@H]3C2)cc1C(F)(F)F. The lowest BCUT2D eigenvalue weighted by Gasteiger charge is -2.18. The Kier molecular flexibility index (Phi) is 4.80. The molecule has 2 nitrogen and oxygen atoms in total. The van der Waals surface area contributed by atoms with Gasteiger partial charge in [0.2, 0.25) is 0 Å². The van der Waals surface area contributed by atoms with Crippen LogP contribution in [0.5, 0.6) is 0 Å². The maximum Gasteiger partial charge on any atom is 0.419 e. The molecule has 0 radical (unpaired) electrons. The van der Waals surface area contributed by atoms with Gasteiger partial charge in [0.15, 0.2) is 0 Å². The van der Waals surface area contributed by atoms with Gasteiger partial charge in [0.25, 0.3) is 0 Å². The minimum Gasteiger partial charge on any atom is -0.316 e. The molecular weight excluding hydrogens is 308 g/mol. The third-order valence-electron chi connectivity index (χ3n) is 4.21. The van der Waals surface area contributed by atoms with Crippen LogP contribution in [0.2, 0.25) is 0 Å². The molecule has 1 aromatic rings. The standard InChI is InChI=1S/C14H16F4N2.ClH/c15-13-2-1-9(3-12(13)14(16,17)18)6-20-7-10-4-19-5-11(10)8-20;/h1-3,10-11,19H,4-8H2;1H/t10-,11+;. The Morgan fingerprint density at radius 3 is 2.33 bits per heavy atom. The molecule has 0 spiro atoms. The molecule has 2 aliphatic rings. The van der Waals surface area contributed by atoms with Crippen LogP contribution in [0.1, 0.15) is 11.1 Å². The van der Waals surface area contributed by atoms with E-state index in [2.05, 4.69) is 10.2 Å². The van der Waals surface area contributed by atoms with Crippen LogP contribution in [0.4, 0.5) is 17.6 Å². The molecule has 3 rings (SSSR count). The maximum atomic E-state index is 13.2. The van der Waals surface area contributed by atoms with Crippen LogP contribution >= 0.6 is 12.4 Å². The Balaban J connectivity index is 0.00000161. The molecule has 118 valence electrons. The molecule has 0 amide bonds. The van der Waals surface area contributed by atoms with Crippen molar-refractivity contribution in [2.75, 3.05) is 26.2 Å². The van der Waals surface area contributed by atoms with Gasteiger partial charge < -0.3 is 5.32 Å². The predicted molar refractivity (Wildman–Crippen MR) is 73.8 cm³/mol. The summed E-state index contributed by atoms with van der Waals surface area (Å²) in [7, 11) is 0. The Labute approximate surface area is 126 Å². The average Bonchev–Trinajstić information content (AvgIpc) is 2.90. The number of hydrogen-bond acceptors (Lipinski definition) is 2. The average molecular weight is 325 g/mol. The molecule has 0 unspecified atom stereocenters. The van der Waals surface area contributed by atoms with E-state index in [0.29, 0.717) is 23.9 Å². The van der Waals surface area contributed by atoms with Gasteiger partial charge in [0.05, 0.1) is 5.56 Å². The van der Waals surface area contributed by atoms with Gasteiger partial charge in [-0.2, -0.15) is 13.2 Å². The van der Waals surface area contributed by atoms with E-state index in [0.717, 1.165) is 38.3 Å². The molecule has 21 heavy (non-hydrogen) atoms. The summed E-state index contributed by atoms with van der Waals surface area (Å²) in [6, 6.07) is 3.29. The zero-order chi connectivity index (χ0) is 14.3. The van der Waals surface area contributed by atoms with Gasteiger partial charge in [0.1, 0.15) is 5.82 Å². The Morgan fingerprint density at radius 2 is 1.76 bits per heavy atom. The molecule has 2 aliphatic heterocycles. The van der Waals surface area contributed by atoms with Crippen molar-refractivity contribution >= 4 is 12.4 Å². The Morgan fingerprint density at radius 1 is 1.14 bits per heavy atom. The van der Waals surface area contributed by atoms with Gasteiger partial charge >= 0.3 is 6.18 Å². The smallest absolute Gasteiger partial charge is 0.316 e. The largest absolute Gasteiger partial charge is 0.419 e. The van der Waals surface area contributed by atoms with Crippen molar-refractivity contribution in [3.63, 3.8) is 0 Å². The molecule has 2 atom stereocenters. The fourth-order valence-corrected chi connectivity index (χ4v) is 3.23. The molecular formula is C14H17ClF4N2. The number of likely N-dealkylation sites (tertiary alicyclic amines) is 1. The van der Waals surface area contributed by atoms with Crippen LogP contribution in [0.25, 0.3) is 0 Å². The molecule has 0 aromatic heterocycles. The number of nitrogens with zero attached hydrogens (tertiary/aromatic N) is 1. The second-order valence-corrected chi connectivity index (χ2v) is 5.68. The minimum absolute atomic E-state index is 0. The first-order valence-electron chi connectivity index (χ1n) is 6.72. The van der Waals surface area contributed by atoms with E-state index in [1.807, 2.05) is 0 Å². The summed E-state index contributed by atoms with van der Waals surface area (Å²) in [4.78, 5) is 2.16. The third kappa shape index (κ3) is 3.49. The second kappa shape index (κ2) is 6.10. The van der Waals surface area contributed by atoms with Crippen molar-refractivity contribution in [2.45, 2.75) is 12.7 Å². The van der Waals surface area contributed by atoms with Gasteiger partial charge in [-0.15, -0.1) is 12.4 Å². The highest BCUT2D eigenvalue weighted by molar-refractivity contribution is 5.85. The molecule has 1 N–H and O–H groups in total. The van der Waals surface area contributed by atoms with E-state index in [1.165, 1.54) is 6.07 Å². The number of alkyl halides is 3. The second-order valence-electron chi connectivity index (χ2n) is 5.68. The van der Waals surface area contributed by atoms with Crippen LogP contribution < -0.4 is 5.32 Å². The number of nitrogens with one attached hydrogen (secondary N) is 1. The highest BCUT2D eigenvalue weighted by Gasteiger charge is 2.37. The van der Waals surface area contributed by atoms with E-state index < -0.39 is 17.6 Å². The van der Waals surface area contributed by atoms with Crippen LogP contribution in [0, 0.1) is 17.7 Å². The fourth-order valence-electron chi connectivity index (χ4n) is 3.23. The number of hydrogen-bond donors (Lipinski definition) is 1. The Bertz CT molecular complexity index is 494. The molecule has 2 heterocycles. The van der Waals surface area contributed by atoms with Gasteiger partial charge in [-0.1, -0.05) is 6.07 Å². The van der Waals surface area contributed by atoms with Crippen LogP contribution in [-0.4, -0.2) is 31.1 Å². The van der Waals surface area contributed by atoms with Crippen LogP contribution in [0.3, 0.4) is 0 Å².